The first-order valence-corrected chi connectivity index (χ1v) is 11.3. The van der Waals surface area contributed by atoms with Crippen LogP contribution in [0.3, 0.4) is 0 Å². The summed E-state index contributed by atoms with van der Waals surface area (Å²) in [6.07, 6.45) is 3.52. The van der Waals surface area contributed by atoms with Gasteiger partial charge in [0.05, 0.1) is 5.41 Å². The maximum atomic E-state index is 13.7. The SMILES string of the molecule is CCNC(=O)C1(Cc2cccc(-c3cccc(F)c3)c2)CCCN(C(=O)c2ccccn2)C1. The van der Waals surface area contributed by atoms with Gasteiger partial charge >= 0.3 is 0 Å². The molecule has 1 fully saturated rings. The van der Waals surface area contributed by atoms with Crippen LogP contribution >= 0.6 is 0 Å². The second-order valence-corrected chi connectivity index (χ2v) is 8.57. The van der Waals surface area contributed by atoms with Gasteiger partial charge < -0.3 is 10.2 Å². The smallest absolute Gasteiger partial charge is 0.272 e. The van der Waals surface area contributed by atoms with Crippen LogP contribution < -0.4 is 5.32 Å². The minimum absolute atomic E-state index is 0.0420. The van der Waals surface area contributed by atoms with Crippen molar-refractivity contribution >= 4 is 11.8 Å². The van der Waals surface area contributed by atoms with Crippen molar-refractivity contribution in [1.29, 1.82) is 0 Å². The second-order valence-electron chi connectivity index (χ2n) is 8.57. The van der Waals surface area contributed by atoms with Crippen molar-refractivity contribution in [3.05, 3.63) is 90.0 Å². The number of pyridine rings is 1. The second kappa shape index (κ2) is 9.94. The predicted molar refractivity (Wildman–Crippen MR) is 126 cm³/mol. The minimum Gasteiger partial charge on any atom is -0.356 e. The first kappa shape index (κ1) is 22.6. The molecule has 6 heteroatoms. The number of nitrogens with zero attached hydrogens (tertiary/aromatic N) is 2. The van der Waals surface area contributed by atoms with Crippen molar-refractivity contribution in [3.8, 4) is 11.1 Å². The van der Waals surface area contributed by atoms with Gasteiger partial charge in [0.2, 0.25) is 5.91 Å². The van der Waals surface area contributed by atoms with Crippen molar-refractivity contribution in [3.63, 3.8) is 0 Å². The molecule has 1 N–H and O–H groups in total. The molecule has 2 aromatic carbocycles. The van der Waals surface area contributed by atoms with Gasteiger partial charge in [-0.05, 0) is 67.1 Å². The van der Waals surface area contributed by atoms with Crippen LogP contribution in [0.15, 0.2) is 72.9 Å². The molecular weight excluding hydrogens is 417 g/mol. The van der Waals surface area contributed by atoms with Gasteiger partial charge in [-0.25, -0.2) is 4.39 Å². The van der Waals surface area contributed by atoms with E-state index < -0.39 is 5.41 Å². The zero-order valence-corrected chi connectivity index (χ0v) is 18.8. The summed E-state index contributed by atoms with van der Waals surface area (Å²) >= 11 is 0. The van der Waals surface area contributed by atoms with Crippen LogP contribution in [0.1, 0.15) is 35.8 Å². The van der Waals surface area contributed by atoms with Gasteiger partial charge in [0.25, 0.3) is 5.91 Å². The molecule has 1 aromatic heterocycles. The van der Waals surface area contributed by atoms with Crippen LogP contribution in [0.25, 0.3) is 11.1 Å². The molecule has 1 aliphatic rings. The number of hydrogen-bond acceptors (Lipinski definition) is 3. The third-order valence-corrected chi connectivity index (χ3v) is 6.19. The van der Waals surface area contributed by atoms with Crippen LogP contribution in [0.5, 0.6) is 0 Å². The maximum Gasteiger partial charge on any atom is 0.272 e. The molecule has 5 nitrogen and oxygen atoms in total. The summed E-state index contributed by atoms with van der Waals surface area (Å²) in [6, 6.07) is 19.6. The Morgan fingerprint density at radius 2 is 1.85 bits per heavy atom. The molecule has 1 atom stereocenters. The van der Waals surface area contributed by atoms with E-state index in [-0.39, 0.29) is 17.6 Å². The van der Waals surface area contributed by atoms with E-state index in [4.69, 9.17) is 0 Å². The first-order chi connectivity index (χ1) is 16.0. The number of amides is 2. The van der Waals surface area contributed by atoms with Crippen LogP contribution in [0.2, 0.25) is 0 Å². The normalized spacial score (nSPS) is 18.1. The number of benzene rings is 2. The Morgan fingerprint density at radius 3 is 2.58 bits per heavy atom. The number of rotatable bonds is 6. The van der Waals surface area contributed by atoms with Crippen LogP contribution in [0.4, 0.5) is 4.39 Å². The lowest BCUT2D eigenvalue weighted by Gasteiger charge is -2.41. The Balaban J connectivity index is 1.63. The molecule has 1 unspecified atom stereocenters. The van der Waals surface area contributed by atoms with Crippen LogP contribution in [-0.2, 0) is 11.2 Å². The molecule has 170 valence electrons. The van der Waals surface area contributed by atoms with E-state index in [0.717, 1.165) is 23.1 Å². The highest BCUT2D eigenvalue weighted by Crippen LogP contribution is 2.36. The number of piperidine rings is 1. The van der Waals surface area contributed by atoms with Gasteiger partial charge in [-0.1, -0.05) is 42.5 Å². The van der Waals surface area contributed by atoms with Gasteiger partial charge in [0.15, 0.2) is 0 Å². The Hall–Kier alpha value is -3.54. The lowest BCUT2D eigenvalue weighted by atomic mass is 9.74. The molecule has 1 aliphatic heterocycles. The number of halogens is 1. The predicted octanol–water partition coefficient (Wildman–Crippen LogP) is 4.49. The van der Waals surface area contributed by atoms with E-state index in [1.807, 2.05) is 37.3 Å². The van der Waals surface area contributed by atoms with Crippen molar-refractivity contribution in [2.75, 3.05) is 19.6 Å². The summed E-state index contributed by atoms with van der Waals surface area (Å²) in [5.41, 5.74) is 2.32. The molecule has 0 bridgehead atoms. The van der Waals surface area contributed by atoms with E-state index in [1.165, 1.54) is 12.1 Å². The molecular formula is C27H28FN3O2. The number of carbonyl (C=O) groups is 2. The topological polar surface area (TPSA) is 62.3 Å². The van der Waals surface area contributed by atoms with Crippen LogP contribution in [-0.4, -0.2) is 41.3 Å². The van der Waals surface area contributed by atoms with Gasteiger partial charge in [0, 0.05) is 25.8 Å². The molecule has 33 heavy (non-hydrogen) atoms. The standard InChI is InChI=1S/C27H28FN3O2/c1-2-29-26(33)27(13-7-15-31(19-27)25(32)24-12-3-4-14-30-24)18-20-8-5-9-21(16-20)22-10-6-11-23(28)17-22/h3-6,8-12,14,16-17H,2,7,13,15,18-19H2,1H3,(H,29,33). The first-order valence-electron chi connectivity index (χ1n) is 11.3. The van der Waals surface area contributed by atoms with Gasteiger partial charge in [-0.2, -0.15) is 0 Å². The van der Waals surface area contributed by atoms with Crippen LogP contribution in [0, 0.1) is 11.2 Å². The largest absolute Gasteiger partial charge is 0.356 e. The summed E-state index contributed by atoms with van der Waals surface area (Å²) in [7, 11) is 0. The van der Waals surface area contributed by atoms with E-state index in [9.17, 15) is 14.0 Å². The third-order valence-electron chi connectivity index (χ3n) is 6.19. The zero-order valence-electron chi connectivity index (χ0n) is 18.8. The molecule has 0 spiro atoms. The van der Waals surface area contributed by atoms with Crippen molar-refractivity contribution < 1.29 is 14.0 Å². The molecule has 1 saturated heterocycles. The number of hydrogen-bond donors (Lipinski definition) is 1. The highest BCUT2D eigenvalue weighted by molar-refractivity contribution is 5.93. The fraction of sp³-hybridized carbons (Fsp3) is 0.296. The van der Waals surface area contributed by atoms with Gasteiger partial charge in [0.1, 0.15) is 11.5 Å². The fourth-order valence-electron chi connectivity index (χ4n) is 4.63. The molecule has 4 rings (SSSR count). The molecule has 3 aromatic rings. The Bertz CT molecular complexity index is 1130. The number of likely N-dealkylation sites (tertiary alicyclic amines) is 1. The maximum absolute atomic E-state index is 13.7. The summed E-state index contributed by atoms with van der Waals surface area (Å²) < 4.78 is 13.7. The van der Waals surface area contributed by atoms with E-state index in [0.29, 0.717) is 38.2 Å². The van der Waals surface area contributed by atoms with Gasteiger partial charge in [-0.15, -0.1) is 0 Å². The Labute approximate surface area is 193 Å². The van der Waals surface area contributed by atoms with E-state index in [2.05, 4.69) is 10.3 Å². The lowest BCUT2D eigenvalue weighted by molar-refractivity contribution is -0.133. The molecule has 2 amide bonds. The number of nitrogens with one attached hydrogen (secondary N) is 1. The third kappa shape index (κ3) is 5.11. The summed E-state index contributed by atoms with van der Waals surface area (Å²) in [5.74, 6) is -0.482. The lowest BCUT2D eigenvalue weighted by Crippen LogP contribution is -2.54. The summed E-state index contributed by atoms with van der Waals surface area (Å²) in [6.45, 7) is 3.35. The highest BCUT2D eigenvalue weighted by atomic mass is 19.1. The fourth-order valence-corrected chi connectivity index (χ4v) is 4.63. The van der Waals surface area contributed by atoms with E-state index >= 15 is 0 Å². The average Bonchev–Trinajstić information content (AvgIpc) is 2.84. The Morgan fingerprint density at radius 1 is 1.06 bits per heavy atom. The zero-order chi connectivity index (χ0) is 23.3. The minimum atomic E-state index is -0.737. The summed E-state index contributed by atoms with van der Waals surface area (Å²) in [5, 5.41) is 2.99. The van der Waals surface area contributed by atoms with E-state index in [1.54, 1.807) is 35.4 Å². The molecule has 2 heterocycles. The number of aromatic nitrogens is 1. The number of carbonyl (C=O) groups excluding carboxylic acids is 2. The van der Waals surface area contributed by atoms with Crippen molar-refractivity contribution in [2.45, 2.75) is 26.2 Å². The molecule has 0 radical (unpaired) electrons. The molecule has 0 aliphatic carbocycles. The summed E-state index contributed by atoms with van der Waals surface area (Å²) in [4.78, 5) is 32.3. The monoisotopic (exact) mass is 445 g/mol. The molecule has 0 saturated carbocycles. The van der Waals surface area contributed by atoms with Gasteiger partial charge in [-0.3, -0.25) is 14.6 Å². The van der Waals surface area contributed by atoms with Crippen molar-refractivity contribution in [2.24, 2.45) is 5.41 Å². The highest BCUT2D eigenvalue weighted by Gasteiger charge is 2.43. The van der Waals surface area contributed by atoms with Crippen molar-refractivity contribution in [1.82, 2.24) is 15.2 Å². The Kier molecular flexibility index (Phi) is 6.82. The quantitative estimate of drug-likeness (QED) is 0.608. The average molecular weight is 446 g/mol.